The number of ether oxygens (including phenoxy) is 1. The minimum absolute atomic E-state index is 0.0356. The summed E-state index contributed by atoms with van der Waals surface area (Å²) in [5, 5.41) is 3.14. The molecule has 1 aliphatic carbocycles. The molecule has 2 aromatic carbocycles. The standard InChI is InChI=1S/C25H26N2O2/c1-18(27-25(28)15-22-9-8-21-6-2-3-7-24(21)22)20-10-12-23(13-11-20)29-17-19-5-4-14-26-16-19/h2-7,10-14,16,18,22H,8-9,15,17H2,1H3,(H,27,28). The Morgan fingerprint density at radius 2 is 1.97 bits per heavy atom. The molecule has 4 rings (SSSR count). The number of carbonyl (C=O) groups is 1. The van der Waals surface area contributed by atoms with Crippen LogP contribution in [0.25, 0.3) is 0 Å². The van der Waals surface area contributed by atoms with Crippen molar-refractivity contribution in [3.63, 3.8) is 0 Å². The van der Waals surface area contributed by atoms with Gasteiger partial charge in [0.15, 0.2) is 0 Å². The Morgan fingerprint density at radius 1 is 1.14 bits per heavy atom. The highest BCUT2D eigenvalue weighted by atomic mass is 16.5. The fourth-order valence-electron chi connectivity index (χ4n) is 3.97. The van der Waals surface area contributed by atoms with Gasteiger partial charge in [-0.05, 0) is 60.6 Å². The third kappa shape index (κ3) is 4.83. The number of nitrogens with one attached hydrogen (secondary N) is 1. The van der Waals surface area contributed by atoms with E-state index in [1.54, 1.807) is 12.4 Å². The summed E-state index contributed by atoms with van der Waals surface area (Å²) in [5.74, 6) is 1.25. The topological polar surface area (TPSA) is 51.2 Å². The maximum absolute atomic E-state index is 12.6. The van der Waals surface area contributed by atoms with Crippen LogP contribution in [0.2, 0.25) is 0 Å². The zero-order valence-corrected chi connectivity index (χ0v) is 16.7. The first kappa shape index (κ1) is 19.2. The predicted molar refractivity (Wildman–Crippen MR) is 114 cm³/mol. The fourth-order valence-corrected chi connectivity index (χ4v) is 3.97. The van der Waals surface area contributed by atoms with Gasteiger partial charge in [-0.1, -0.05) is 42.5 Å². The Kier molecular flexibility index (Phi) is 5.89. The molecule has 4 nitrogen and oxygen atoms in total. The maximum atomic E-state index is 12.6. The van der Waals surface area contributed by atoms with Gasteiger partial charge in [-0.15, -0.1) is 0 Å². The highest BCUT2D eigenvalue weighted by Gasteiger charge is 2.24. The molecule has 0 bridgehead atoms. The van der Waals surface area contributed by atoms with Gasteiger partial charge < -0.3 is 10.1 Å². The van der Waals surface area contributed by atoms with Crippen molar-refractivity contribution < 1.29 is 9.53 Å². The molecule has 0 radical (unpaired) electrons. The van der Waals surface area contributed by atoms with Crippen LogP contribution in [-0.2, 0) is 17.8 Å². The molecular weight excluding hydrogens is 360 g/mol. The van der Waals surface area contributed by atoms with E-state index in [2.05, 4.69) is 34.6 Å². The number of pyridine rings is 1. The van der Waals surface area contributed by atoms with E-state index in [9.17, 15) is 4.79 Å². The van der Waals surface area contributed by atoms with Crippen LogP contribution in [0.15, 0.2) is 73.1 Å². The third-order valence-electron chi connectivity index (χ3n) is 5.57. The first-order valence-corrected chi connectivity index (χ1v) is 10.2. The van der Waals surface area contributed by atoms with Crippen LogP contribution >= 0.6 is 0 Å². The normalized spacial score (nSPS) is 16.1. The quantitative estimate of drug-likeness (QED) is 0.624. The molecule has 0 saturated carbocycles. The van der Waals surface area contributed by atoms with Crippen LogP contribution in [0.4, 0.5) is 0 Å². The van der Waals surface area contributed by atoms with Crippen molar-refractivity contribution >= 4 is 5.91 Å². The lowest BCUT2D eigenvalue weighted by Gasteiger charge is -2.17. The molecule has 2 unspecified atom stereocenters. The first-order chi connectivity index (χ1) is 14.2. The lowest BCUT2D eigenvalue weighted by Crippen LogP contribution is -2.27. The summed E-state index contributed by atoms with van der Waals surface area (Å²) in [4.78, 5) is 16.7. The van der Waals surface area contributed by atoms with Crippen LogP contribution in [0.5, 0.6) is 5.75 Å². The van der Waals surface area contributed by atoms with Crippen LogP contribution in [0, 0.1) is 0 Å². The molecule has 1 aliphatic rings. The van der Waals surface area contributed by atoms with Gasteiger partial charge in [0.2, 0.25) is 5.91 Å². The van der Waals surface area contributed by atoms with Crippen molar-refractivity contribution in [3.8, 4) is 5.75 Å². The number of rotatable bonds is 7. The average molecular weight is 386 g/mol. The van der Waals surface area contributed by atoms with Gasteiger partial charge in [-0.25, -0.2) is 0 Å². The van der Waals surface area contributed by atoms with Gasteiger partial charge >= 0.3 is 0 Å². The highest BCUT2D eigenvalue weighted by Crippen LogP contribution is 2.35. The smallest absolute Gasteiger partial charge is 0.221 e. The van der Waals surface area contributed by atoms with Crippen LogP contribution in [0.3, 0.4) is 0 Å². The van der Waals surface area contributed by atoms with E-state index >= 15 is 0 Å². The molecule has 0 spiro atoms. The molecule has 0 aliphatic heterocycles. The van der Waals surface area contributed by atoms with E-state index in [4.69, 9.17) is 4.74 Å². The van der Waals surface area contributed by atoms with Crippen LogP contribution in [-0.4, -0.2) is 10.9 Å². The van der Waals surface area contributed by atoms with Gasteiger partial charge in [0, 0.05) is 24.4 Å². The van der Waals surface area contributed by atoms with Crippen molar-refractivity contribution in [2.24, 2.45) is 0 Å². The summed E-state index contributed by atoms with van der Waals surface area (Å²) in [6.07, 6.45) is 6.23. The van der Waals surface area contributed by atoms with E-state index in [0.717, 1.165) is 29.7 Å². The Bertz CT molecular complexity index is 954. The van der Waals surface area contributed by atoms with E-state index in [-0.39, 0.29) is 11.9 Å². The van der Waals surface area contributed by atoms with Crippen molar-refractivity contribution in [1.82, 2.24) is 10.3 Å². The van der Waals surface area contributed by atoms with Crippen LogP contribution in [0.1, 0.15) is 54.0 Å². The summed E-state index contributed by atoms with van der Waals surface area (Å²) in [5.41, 5.74) is 4.83. The summed E-state index contributed by atoms with van der Waals surface area (Å²) in [6, 6.07) is 20.2. The van der Waals surface area contributed by atoms with Gasteiger partial charge in [-0.3, -0.25) is 9.78 Å². The fraction of sp³-hybridized carbons (Fsp3) is 0.280. The minimum atomic E-state index is -0.0356. The lowest BCUT2D eigenvalue weighted by atomic mass is 9.97. The molecule has 29 heavy (non-hydrogen) atoms. The van der Waals surface area contributed by atoms with Gasteiger partial charge in [0.25, 0.3) is 0 Å². The SMILES string of the molecule is CC(NC(=O)CC1CCc2ccccc21)c1ccc(OCc2cccnc2)cc1. The molecule has 1 N–H and O–H groups in total. The molecule has 2 atom stereocenters. The zero-order valence-electron chi connectivity index (χ0n) is 16.7. The largest absolute Gasteiger partial charge is 0.489 e. The minimum Gasteiger partial charge on any atom is -0.489 e. The van der Waals surface area contributed by atoms with Gasteiger partial charge in [-0.2, -0.15) is 0 Å². The second-order valence-corrected chi connectivity index (χ2v) is 7.65. The monoisotopic (exact) mass is 386 g/mol. The number of carbonyl (C=O) groups excluding carboxylic acids is 1. The third-order valence-corrected chi connectivity index (χ3v) is 5.57. The summed E-state index contributed by atoms with van der Waals surface area (Å²) in [7, 11) is 0. The second-order valence-electron chi connectivity index (χ2n) is 7.65. The van der Waals surface area contributed by atoms with Crippen molar-refractivity contribution in [1.29, 1.82) is 0 Å². The molecular formula is C25H26N2O2. The molecule has 1 amide bonds. The number of fused-ring (bicyclic) bond motifs is 1. The molecule has 0 saturated heterocycles. The number of benzene rings is 2. The highest BCUT2D eigenvalue weighted by molar-refractivity contribution is 5.77. The number of aryl methyl sites for hydroxylation is 1. The van der Waals surface area contributed by atoms with Crippen molar-refractivity contribution in [3.05, 3.63) is 95.3 Å². The molecule has 1 heterocycles. The number of amides is 1. The maximum Gasteiger partial charge on any atom is 0.221 e. The van der Waals surface area contributed by atoms with E-state index in [1.807, 2.05) is 43.3 Å². The van der Waals surface area contributed by atoms with Gasteiger partial charge in [0.05, 0.1) is 6.04 Å². The van der Waals surface area contributed by atoms with E-state index in [1.165, 1.54) is 11.1 Å². The van der Waals surface area contributed by atoms with Crippen molar-refractivity contribution in [2.45, 2.75) is 44.8 Å². The van der Waals surface area contributed by atoms with Gasteiger partial charge in [0.1, 0.15) is 12.4 Å². The molecule has 148 valence electrons. The molecule has 1 aromatic heterocycles. The van der Waals surface area contributed by atoms with E-state index in [0.29, 0.717) is 18.9 Å². The molecule has 0 fully saturated rings. The van der Waals surface area contributed by atoms with Crippen LogP contribution < -0.4 is 10.1 Å². The number of aromatic nitrogens is 1. The molecule has 3 aromatic rings. The number of nitrogens with zero attached hydrogens (tertiary/aromatic N) is 1. The Labute approximate surface area is 172 Å². The lowest BCUT2D eigenvalue weighted by molar-refractivity contribution is -0.122. The Hall–Kier alpha value is -3.14. The zero-order chi connectivity index (χ0) is 20.1. The van der Waals surface area contributed by atoms with E-state index < -0.39 is 0 Å². The average Bonchev–Trinajstić information content (AvgIpc) is 3.16. The predicted octanol–water partition coefficient (Wildman–Crippen LogP) is 4.96. The second kappa shape index (κ2) is 8.91. The summed E-state index contributed by atoms with van der Waals surface area (Å²) >= 11 is 0. The Balaban J connectivity index is 1.29. The molecule has 4 heteroatoms. The summed E-state index contributed by atoms with van der Waals surface area (Å²) in [6.45, 7) is 2.51. The number of hydrogen-bond acceptors (Lipinski definition) is 3. The number of hydrogen-bond donors (Lipinski definition) is 1. The summed E-state index contributed by atoms with van der Waals surface area (Å²) < 4.78 is 5.80. The first-order valence-electron chi connectivity index (χ1n) is 10.2. The van der Waals surface area contributed by atoms with Crippen molar-refractivity contribution in [2.75, 3.05) is 0 Å². The Morgan fingerprint density at radius 3 is 2.76 bits per heavy atom.